The van der Waals surface area contributed by atoms with Crippen LogP contribution in [0.15, 0.2) is 101 Å². The summed E-state index contributed by atoms with van der Waals surface area (Å²) in [5, 5.41) is 26.3. The van der Waals surface area contributed by atoms with Crippen LogP contribution in [0.1, 0.15) is 5.56 Å². The van der Waals surface area contributed by atoms with Gasteiger partial charge in [0.15, 0.2) is 5.75 Å². The first kappa shape index (κ1) is 27.6. The van der Waals surface area contributed by atoms with Crippen molar-refractivity contribution in [3.8, 4) is 11.4 Å². The van der Waals surface area contributed by atoms with Gasteiger partial charge in [-0.15, -0.1) is 15.0 Å². The number of aryl methyl sites for hydroxylation is 1. The van der Waals surface area contributed by atoms with E-state index in [2.05, 4.69) is 14.5 Å². The molecule has 12 heteroatoms. The zero-order valence-electron chi connectivity index (χ0n) is 20.8. The summed E-state index contributed by atoms with van der Waals surface area (Å²) in [7, 11) is -4.12. The summed E-state index contributed by atoms with van der Waals surface area (Å²) in [6.07, 6.45) is 0. The summed E-state index contributed by atoms with van der Waals surface area (Å²) in [4.78, 5) is 2.13. The smallest absolute Gasteiger partial charge is 0.691 e. The van der Waals surface area contributed by atoms with Gasteiger partial charge in [-0.05, 0) is 54.1 Å². The topological polar surface area (TPSA) is 116 Å². The minimum absolute atomic E-state index is 0. The van der Waals surface area contributed by atoms with Gasteiger partial charge in [0, 0.05) is 15.7 Å². The van der Waals surface area contributed by atoms with E-state index in [0.29, 0.717) is 21.6 Å². The Bertz CT molecular complexity index is 1930. The first-order valence-corrected chi connectivity index (χ1v) is 13.5. The summed E-state index contributed by atoms with van der Waals surface area (Å²) in [5.74, 6) is 0.0994. The molecule has 0 aliphatic heterocycles. The fourth-order valence-electron chi connectivity index (χ4n) is 4.27. The molecule has 5 aromatic carbocycles. The van der Waals surface area contributed by atoms with Crippen molar-refractivity contribution in [2.45, 2.75) is 16.7 Å². The Kier molecular flexibility index (Phi) is 7.94. The van der Waals surface area contributed by atoms with Crippen LogP contribution in [0.3, 0.4) is 0 Å². The minimum atomic E-state index is -4.12. The second-order valence-corrected chi connectivity index (χ2v) is 10.8. The quantitative estimate of drug-likeness (QED) is 0.0940. The van der Waals surface area contributed by atoms with Gasteiger partial charge in [-0.2, -0.15) is 12.8 Å². The van der Waals surface area contributed by atoms with E-state index < -0.39 is 10.1 Å². The van der Waals surface area contributed by atoms with E-state index in [0.717, 1.165) is 39.2 Å². The van der Waals surface area contributed by atoms with Gasteiger partial charge in [-0.3, -0.25) is 5.04 Å². The minimum Gasteiger partial charge on any atom is -0.691 e. The van der Waals surface area contributed by atoms with Crippen LogP contribution in [0.2, 0.25) is 0 Å². The first-order valence-electron chi connectivity index (χ1n) is 11.4. The average molecular weight is 568 g/mol. The van der Waals surface area contributed by atoms with E-state index in [1.54, 1.807) is 30.3 Å². The van der Waals surface area contributed by atoms with Crippen molar-refractivity contribution < 1.29 is 56.8 Å². The predicted molar refractivity (Wildman–Crippen MR) is 141 cm³/mol. The average Bonchev–Trinajstić information content (AvgIpc) is 3.36. The molecule has 0 saturated carbocycles. The van der Waals surface area contributed by atoms with Crippen molar-refractivity contribution in [1.29, 1.82) is 0 Å². The molecule has 0 bridgehead atoms. The van der Waals surface area contributed by atoms with E-state index in [4.69, 9.17) is 9.28 Å². The zero-order valence-corrected chi connectivity index (χ0v) is 24.4. The third-order valence-electron chi connectivity index (χ3n) is 6.07. The molecule has 0 aliphatic rings. The van der Waals surface area contributed by atoms with Crippen molar-refractivity contribution in [1.82, 2.24) is 15.0 Å². The van der Waals surface area contributed by atoms with Crippen molar-refractivity contribution in [3.05, 3.63) is 96.6 Å². The third-order valence-corrected chi connectivity index (χ3v) is 7.89. The Labute approximate surface area is 249 Å². The zero-order chi connectivity index (χ0) is 26.3. The molecule has 0 aliphatic carbocycles. The molecule has 0 radical (unpaired) electrons. The molecule has 1 aromatic heterocycles. The van der Waals surface area contributed by atoms with Crippen LogP contribution in [0, 0.1) is 6.92 Å². The van der Waals surface area contributed by atoms with Crippen LogP contribution in [0.4, 0.5) is 0 Å². The molecule has 9 nitrogen and oxygen atoms in total. The molecule has 6 rings (SSSR count). The monoisotopic (exact) mass is 567 g/mol. The van der Waals surface area contributed by atoms with Gasteiger partial charge >= 0.3 is 39.7 Å². The number of nitrogens with zero attached hydrogens (tertiary/aromatic N) is 3. The van der Waals surface area contributed by atoms with Crippen LogP contribution in [-0.4, -0.2) is 23.4 Å². The van der Waals surface area contributed by atoms with Crippen LogP contribution in [0.5, 0.6) is 5.75 Å². The molecule has 0 saturated heterocycles. The van der Waals surface area contributed by atoms with Gasteiger partial charge < -0.3 is 9.44 Å². The summed E-state index contributed by atoms with van der Waals surface area (Å²) < 4.78 is 36.4. The van der Waals surface area contributed by atoms with E-state index >= 15 is 0 Å². The number of hydrogen-bond donors (Lipinski definition) is 0. The molecule has 0 amide bonds. The van der Waals surface area contributed by atoms with Gasteiger partial charge in [-0.25, -0.2) is 0 Å². The Morgan fingerprint density at radius 3 is 2.41 bits per heavy atom. The first-order chi connectivity index (χ1) is 18.4. The molecule has 0 spiro atoms. The fraction of sp³-hybridized carbons (Fsp3) is 0.0370. The molecule has 0 fully saturated rings. The van der Waals surface area contributed by atoms with Gasteiger partial charge in [0.05, 0.1) is 12.0 Å². The molecule has 190 valence electrons. The van der Waals surface area contributed by atoms with Crippen LogP contribution < -0.4 is 39.0 Å². The number of fused-ring (bicyclic) bond motifs is 4. The Morgan fingerprint density at radius 2 is 1.62 bits per heavy atom. The summed E-state index contributed by atoms with van der Waals surface area (Å²) in [6.45, 7) is 1.88. The molecular weight excluding hydrogens is 549 g/mol. The maximum absolute atomic E-state index is 13.2. The number of benzene rings is 5. The molecule has 0 atom stereocenters. The second kappa shape index (κ2) is 11.2. The maximum Gasteiger partial charge on any atom is 1.00 e. The van der Waals surface area contributed by atoms with Crippen LogP contribution in [-0.2, 0) is 19.5 Å². The van der Waals surface area contributed by atoms with Crippen LogP contribution in [0.25, 0.3) is 38.3 Å². The molecule has 39 heavy (non-hydrogen) atoms. The van der Waals surface area contributed by atoms with Crippen molar-refractivity contribution in [2.75, 3.05) is 0 Å². The molecule has 0 unspecified atom stereocenters. The third kappa shape index (κ3) is 5.40. The summed E-state index contributed by atoms with van der Waals surface area (Å²) in [6, 6.07) is 26.5. The largest absolute Gasteiger partial charge is 1.00 e. The van der Waals surface area contributed by atoms with Gasteiger partial charge in [-0.1, -0.05) is 60.2 Å². The molecule has 6 aromatic rings. The second-order valence-electron chi connectivity index (χ2n) is 8.51. The van der Waals surface area contributed by atoms with Crippen LogP contribution >= 0.6 is 12.0 Å². The number of aromatic nitrogens is 3. The van der Waals surface area contributed by atoms with Gasteiger partial charge in [0.2, 0.25) is 0 Å². The van der Waals surface area contributed by atoms with E-state index in [-0.39, 0.29) is 40.2 Å². The van der Waals surface area contributed by atoms with Gasteiger partial charge in [0.25, 0.3) is 0 Å². The Balaban J connectivity index is 0.00000308. The number of hydrogen-bond acceptors (Lipinski definition) is 9. The van der Waals surface area contributed by atoms with Gasteiger partial charge in [0.1, 0.15) is 21.6 Å². The summed E-state index contributed by atoms with van der Waals surface area (Å²) in [5.41, 5.74) is 2.56. The normalized spacial score (nSPS) is 11.6. The Hall–Kier alpha value is -3.00. The van der Waals surface area contributed by atoms with E-state index in [1.165, 1.54) is 16.9 Å². The Morgan fingerprint density at radius 1 is 0.846 bits per heavy atom. The maximum atomic E-state index is 13.2. The summed E-state index contributed by atoms with van der Waals surface area (Å²) >= 11 is 0.801. The van der Waals surface area contributed by atoms with E-state index in [9.17, 15) is 13.7 Å². The standard InChI is InChI=1S/C27H19N3O6S2.Na/c1-17-6-11-21(12-7-17)38(32,33)34-25-15-9-18-4-2-3-5-23(18)27(25)30-28-24-14-8-19-16-20(37-36-35-31)10-13-22(19)26(24)29-30;/h2-16,31H,1H3;/q;+1/p-1. The van der Waals surface area contributed by atoms with Crippen molar-refractivity contribution >= 4 is 54.7 Å². The van der Waals surface area contributed by atoms with Crippen molar-refractivity contribution in [2.24, 2.45) is 0 Å². The van der Waals surface area contributed by atoms with Crippen molar-refractivity contribution in [3.63, 3.8) is 0 Å². The van der Waals surface area contributed by atoms with E-state index in [1.807, 2.05) is 55.5 Å². The SMILES string of the molecule is Cc1ccc(S(=O)(=O)Oc2ccc3ccccc3c2-n2nc3ccc4cc(SOO[O-])ccc4c3n2)cc1.[Na+]. The molecular formula is C27H18N3NaO6S2. The fourth-order valence-corrected chi connectivity index (χ4v) is 5.61. The predicted octanol–water partition coefficient (Wildman–Crippen LogP) is 2.04. The number of rotatable bonds is 7. The molecule has 1 heterocycles. The molecule has 0 N–H and O–H groups in total.